The molecule has 0 aliphatic rings. The Labute approximate surface area is 156 Å². The minimum Gasteiger partial charge on any atom is -0.469 e. The lowest BCUT2D eigenvalue weighted by atomic mass is 10.2. The number of benzene rings is 1. The van der Waals surface area contributed by atoms with E-state index in [4.69, 9.17) is 27.6 Å². The molecule has 2 heterocycles. The Kier molecular flexibility index (Phi) is 5.45. The van der Waals surface area contributed by atoms with Gasteiger partial charge in [-0.1, -0.05) is 52.4 Å². The lowest BCUT2D eigenvalue weighted by Crippen LogP contribution is -2.11. The van der Waals surface area contributed by atoms with Crippen LogP contribution in [-0.2, 0) is 5.75 Å². The van der Waals surface area contributed by atoms with Crippen molar-refractivity contribution in [1.29, 1.82) is 0 Å². The van der Waals surface area contributed by atoms with E-state index in [0.717, 1.165) is 5.56 Å². The van der Waals surface area contributed by atoms with Crippen LogP contribution in [-0.4, -0.2) is 16.1 Å². The van der Waals surface area contributed by atoms with Gasteiger partial charge >= 0.3 is 0 Å². The molecule has 0 aliphatic heterocycles. The molecule has 0 unspecified atom stereocenters. The van der Waals surface area contributed by atoms with Gasteiger partial charge < -0.3 is 4.42 Å². The minimum absolute atomic E-state index is 0.275. The van der Waals surface area contributed by atoms with Gasteiger partial charge in [0.15, 0.2) is 4.34 Å². The molecular formula is C15H11Cl2N3O2S2. The molecule has 3 aromatic rings. The summed E-state index contributed by atoms with van der Waals surface area (Å²) in [5.41, 5.74) is 1.32. The molecular weight excluding hydrogens is 389 g/mol. The second-order valence-corrected chi connectivity index (χ2v) is 7.72. The zero-order valence-electron chi connectivity index (χ0n) is 12.4. The Morgan fingerprint density at radius 2 is 2.04 bits per heavy atom. The van der Waals surface area contributed by atoms with Crippen molar-refractivity contribution in [2.75, 3.05) is 5.32 Å². The maximum Gasteiger partial charge on any atom is 0.261 e. The zero-order valence-corrected chi connectivity index (χ0v) is 15.5. The van der Waals surface area contributed by atoms with Crippen molar-refractivity contribution in [2.45, 2.75) is 17.0 Å². The fourth-order valence-corrected chi connectivity index (χ4v) is 4.40. The number of furan rings is 1. The predicted molar refractivity (Wildman–Crippen MR) is 97.3 cm³/mol. The number of hydrogen-bond acceptors (Lipinski definition) is 6. The van der Waals surface area contributed by atoms with Crippen molar-refractivity contribution in [2.24, 2.45) is 0 Å². The normalized spacial score (nSPS) is 10.8. The highest BCUT2D eigenvalue weighted by molar-refractivity contribution is 8.00. The molecule has 3 rings (SSSR count). The molecule has 1 aromatic carbocycles. The van der Waals surface area contributed by atoms with Gasteiger partial charge in [0.2, 0.25) is 5.13 Å². The van der Waals surface area contributed by atoms with Gasteiger partial charge in [-0.3, -0.25) is 10.1 Å². The highest BCUT2D eigenvalue weighted by Crippen LogP contribution is 2.33. The van der Waals surface area contributed by atoms with E-state index in [1.54, 1.807) is 31.2 Å². The Hall–Kier alpha value is -1.54. The minimum atomic E-state index is -0.275. The number of aryl methyl sites for hydroxylation is 1. The van der Waals surface area contributed by atoms with Crippen LogP contribution >= 0.6 is 46.3 Å². The van der Waals surface area contributed by atoms with E-state index in [1.165, 1.54) is 29.4 Å². The number of anilines is 1. The molecule has 1 amide bonds. The van der Waals surface area contributed by atoms with Crippen molar-refractivity contribution in [1.82, 2.24) is 10.2 Å². The van der Waals surface area contributed by atoms with Gasteiger partial charge in [0, 0.05) is 15.8 Å². The summed E-state index contributed by atoms with van der Waals surface area (Å²) in [7, 11) is 0. The monoisotopic (exact) mass is 399 g/mol. The summed E-state index contributed by atoms with van der Waals surface area (Å²) in [6.07, 6.45) is 1.47. The lowest BCUT2D eigenvalue weighted by Gasteiger charge is -2.04. The van der Waals surface area contributed by atoms with Gasteiger partial charge in [-0.15, -0.1) is 10.2 Å². The Bertz CT molecular complexity index is 859. The molecule has 9 heteroatoms. The van der Waals surface area contributed by atoms with Crippen molar-refractivity contribution < 1.29 is 9.21 Å². The quantitative estimate of drug-likeness (QED) is 0.466. The molecule has 0 aliphatic carbocycles. The molecule has 0 fully saturated rings. The first-order valence-electron chi connectivity index (χ1n) is 6.79. The van der Waals surface area contributed by atoms with Crippen molar-refractivity contribution >= 4 is 57.3 Å². The van der Waals surface area contributed by atoms with Crippen LogP contribution < -0.4 is 5.32 Å². The van der Waals surface area contributed by atoms with Gasteiger partial charge in [0.05, 0.1) is 11.8 Å². The summed E-state index contributed by atoms with van der Waals surface area (Å²) in [6, 6.07) is 7.00. The summed E-state index contributed by atoms with van der Waals surface area (Å²) < 4.78 is 5.83. The summed E-state index contributed by atoms with van der Waals surface area (Å²) in [6.45, 7) is 1.73. The number of carbonyl (C=O) groups is 1. The molecule has 0 saturated heterocycles. The zero-order chi connectivity index (χ0) is 17.1. The maximum atomic E-state index is 12.1. The summed E-state index contributed by atoms with van der Waals surface area (Å²) in [4.78, 5) is 12.1. The van der Waals surface area contributed by atoms with Crippen LogP contribution in [0.1, 0.15) is 21.7 Å². The van der Waals surface area contributed by atoms with E-state index in [1.807, 2.05) is 0 Å². The molecule has 5 nitrogen and oxygen atoms in total. The standard InChI is InChI=1S/C15H11Cl2N3O2S2/c1-8-9(5-6-22-8)13(21)18-14-19-20-15(24-14)23-7-10-11(16)3-2-4-12(10)17/h2-6H,7H2,1H3,(H,18,19,21). The highest BCUT2D eigenvalue weighted by atomic mass is 35.5. The summed E-state index contributed by atoms with van der Waals surface area (Å²) in [5.74, 6) is 0.852. The van der Waals surface area contributed by atoms with Crippen LogP contribution in [0.2, 0.25) is 10.0 Å². The second kappa shape index (κ2) is 7.57. The van der Waals surface area contributed by atoms with Crippen molar-refractivity contribution in [3.05, 3.63) is 57.5 Å². The smallest absolute Gasteiger partial charge is 0.261 e. The van der Waals surface area contributed by atoms with E-state index in [-0.39, 0.29) is 5.91 Å². The number of hydrogen-bond donors (Lipinski definition) is 1. The fourth-order valence-electron chi connectivity index (χ4n) is 1.91. The SMILES string of the molecule is Cc1occc1C(=O)Nc1nnc(SCc2c(Cl)cccc2Cl)s1. The van der Waals surface area contributed by atoms with E-state index >= 15 is 0 Å². The number of aromatic nitrogens is 2. The molecule has 1 N–H and O–H groups in total. The van der Waals surface area contributed by atoms with Crippen molar-refractivity contribution in [3.63, 3.8) is 0 Å². The average molecular weight is 400 g/mol. The third kappa shape index (κ3) is 3.92. The van der Waals surface area contributed by atoms with Gasteiger partial charge in [-0.05, 0) is 30.7 Å². The van der Waals surface area contributed by atoms with Crippen molar-refractivity contribution in [3.8, 4) is 0 Å². The van der Waals surface area contributed by atoms with Gasteiger partial charge in [0.25, 0.3) is 5.91 Å². The molecule has 0 spiro atoms. The number of thioether (sulfide) groups is 1. The molecule has 0 saturated carbocycles. The molecule has 0 atom stereocenters. The fraction of sp³-hybridized carbons (Fsp3) is 0.133. The van der Waals surface area contributed by atoms with E-state index in [2.05, 4.69) is 15.5 Å². The Morgan fingerprint density at radius 3 is 2.71 bits per heavy atom. The van der Waals surface area contributed by atoms with Crippen LogP contribution in [0.5, 0.6) is 0 Å². The highest BCUT2D eigenvalue weighted by Gasteiger charge is 2.15. The molecule has 0 bridgehead atoms. The molecule has 0 radical (unpaired) electrons. The van der Waals surface area contributed by atoms with E-state index < -0.39 is 0 Å². The second-order valence-electron chi connectivity index (χ2n) is 4.71. The number of carbonyl (C=O) groups excluding carboxylic acids is 1. The first-order valence-corrected chi connectivity index (χ1v) is 9.35. The maximum absolute atomic E-state index is 12.1. The first kappa shape index (κ1) is 17.3. The molecule has 2 aromatic heterocycles. The van der Waals surface area contributed by atoms with Crippen LogP contribution in [0.25, 0.3) is 0 Å². The molecule has 124 valence electrons. The van der Waals surface area contributed by atoms with Crippen LogP contribution in [0.4, 0.5) is 5.13 Å². The topological polar surface area (TPSA) is 68.0 Å². The summed E-state index contributed by atoms with van der Waals surface area (Å²) in [5, 5.41) is 12.4. The third-order valence-corrected chi connectivity index (χ3v) is 5.84. The van der Waals surface area contributed by atoms with Crippen LogP contribution in [0.3, 0.4) is 0 Å². The number of nitrogens with one attached hydrogen (secondary N) is 1. The lowest BCUT2D eigenvalue weighted by molar-refractivity contribution is 0.102. The summed E-state index contributed by atoms with van der Waals surface area (Å²) >= 11 is 15.0. The average Bonchev–Trinajstić information content (AvgIpc) is 3.16. The number of halogens is 2. The van der Waals surface area contributed by atoms with E-state index in [0.29, 0.717) is 36.6 Å². The third-order valence-electron chi connectivity index (χ3n) is 3.13. The number of rotatable bonds is 5. The van der Waals surface area contributed by atoms with Gasteiger partial charge in [-0.2, -0.15) is 0 Å². The number of nitrogens with zero attached hydrogens (tertiary/aromatic N) is 2. The molecule has 24 heavy (non-hydrogen) atoms. The largest absolute Gasteiger partial charge is 0.469 e. The van der Waals surface area contributed by atoms with E-state index in [9.17, 15) is 4.79 Å². The van der Waals surface area contributed by atoms with Gasteiger partial charge in [-0.25, -0.2) is 0 Å². The van der Waals surface area contributed by atoms with Gasteiger partial charge in [0.1, 0.15) is 5.76 Å². The van der Waals surface area contributed by atoms with Crippen LogP contribution in [0.15, 0.2) is 39.3 Å². The number of amides is 1. The predicted octanol–water partition coefficient (Wildman–Crippen LogP) is 5.29. The van der Waals surface area contributed by atoms with Crippen LogP contribution in [0, 0.1) is 6.92 Å². The Balaban J connectivity index is 1.64. The first-order chi connectivity index (χ1) is 11.5. The Morgan fingerprint density at radius 1 is 1.29 bits per heavy atom.